The van der Waals surface area contributed by atoms with Crippen molar-refractivity contribution in [1.29, 1.82) is 0 Å². The number of carbonyl (C=O) groups excluding carboxylic acids is 1. The maximum Gasteiger partial charge on any atom is 0.409 e. The van der Waals surface area contributed by atoms with Crippen molar-refractivity contribution in [2.24, 2.45) is 5.92 Å². The van der Waals surface area contributed by atoms with Gasteiger partial charge in [-0.2, -0.15) is 4.98 Å². The molecule has 2 heterocycles. The second-order valence-electron chi connectivity index (χ2n) is 7.67. The lowest BCUT2D eigenvalue weighted by Crippen LogP contribution is -2.36. The topological polar surface area (TPSA) is 90.2 Å². The Morgan fingerprint density at radius 1 is 1.13 bits per heavy atom. The van der Waals surface area contributed by atoms with Crippen LogP contribution in [0.4, 0.5) is 4.79 Å². The van der Waals surface area contributed by atoms with E-state index < -0.39 is 0 Å². The fourth-order valence-electron chi connectivity index (χ4n) is 3.24. The molecule has 0 N–H and O–H groups in total. The smallest absolute Gasteiger partial charge is 0.409 e. The highest BCUT2D eigenvalue weighted by molar-refractivity contribution is 5.67. The van der Waals surface area contributed by atoms with Gasteiger partial charge in [0.1, 0.15) is 0 Å². The Bertz CT molecular complexity index is 839. The second-order valence-corrected chi connectivity index (χ2v) is 7.67. The molecule has 1 aromatic heterocycles. The zero-order valence-corrected chi connectivity index (χ0v) is 18.1. The van der Waals surface area contributed by atoms with E-state index in [9.17, 15) is 4.79 Å². The number of nitrogens with zero attached hydrogens (tertiary/aromatic N) is 4. The van der Waals surface area contributed by atoms with Crippen molar-refractivity contribution < 1.29 is 23.5 Å². The van der Waals surface area contributed by atoms with Crippen LogP contribution in [0.25, 0.3) is 11.4 Å². The van der Waals surface area contributed by atoms with Crippen LogP contribution in [0, 0.1) is 5.92 Å². The summed E-state index contributed by atoms with van der Waals surface area (Å²) in [6.07, 6.45) is 0.632. The van der Waals surface area contributed by atoms with Crippen LogP contribution < -0.4 is 9.47 Å². The molecule has 0 unspecified atom stereocenters. The fraction of sp³-hybridized carbons (Fsp3) is 0.571. The summed E-state index contributed by atoms with van der Waals surface area (Å²) in [5.74, 6) is 2.62. The van der Waals surface area contributed by atoms with Gasteiger partial charge in [0.2, 0.25) is 11.7 Å². The number of hydrogen-bond donors (Lipinski definition) is 0. The zero-order valence-electron chi connectivity index (χ0n) is 18.1. The number of benzene rings is 1. The molecule has 0 radical (unpaired) electrons. The summed E-state index contributed by atoms with van der Waals surface area (Å²) in [6.45, 7) is 7.92. The molecule has 9 heteroatoms. The molecule has 1 aliphatic rings. The number of ether oxygens (including phenoxy) is 3. The minimum absolute atomic E-state index is 0.237. The summed E-state index contributed by atoms with van der Waals surface area (Å²) in [5, 5.41) is 4.10. The Hall–Kier alpha value is -2.81. The SMILES string of the molecule is COc1ccc(-c2noc(CN3CCCN(C(=O)OCC(C)C)CC3)n2)cc1OC. The first kappa shape index (κ1) is 21.9. The van der Waals surface area contributed by atoms with Crippen LogP contribution in [0.2, 0.25) is 0 Å². The predicted octanol–water partition coefficient (Wildman–Crippen LogP) is 3.05. The Kier molecular flexibility index (Phi) is 7.51. The minimum atomic E-state index is -0.237. The van der Waals surface area contributed by atoms with E-state index in [1.54, 1.807) is 19.1 Å². The lowest BCUT2D eigenvalue weighted by atomic mass is 10.2. The van der Waals surface area contributed by atoms with Gasteiger partial charge in [0.15, 0.2) is 11.5 Å². The quantitative estimate of drug-likeness (QED) is 0.678. The van der Waals surface area contributed by atoms with Gasteiger partial charge in [0.05, 0.1) is 27.4 Å². The number of methoxy groups -OCH3 is 2. The van der Waals surface area contributed by atoms with Gasteiger partial charge >= 0.3 is 6.09 Å². The largest absolute Gasteiger partial charge is 0.493 e. The van der Waals surface area contributed by atoms with Crippen molar-refractivity contribution in [3.8, 4) is 22.9 Å². The number of hydrogen-bond acceptors (Lipinski definition) is 8. The van der Waals surface area contributed by atoms with E-state index in [-0.39, 0.29) is 6.09 Å². The van der Waals surface area contributed by atoms with E-state index in [2.05, 4.69) is 15.0 Å². The highest BCUT2D eigenvalue weighted by Crippen LogP contribution is 2.31. The van der Waals surface area contributed by atoms with Crippen molar-refractivity contribution >= 4 is 6.09 Å². The molecule has 9 nitrogen and oxygen atoms in total. The summed E-state index contributed by atoms with van der Waals surface area (Å²) >= 11 is 0. The summed E-state index contributed by atoms with van der Waals surface area (Å²) < 4.78 is 21.4. The lowest BCUT2D eigenvalue weighted by molar-refractivity contribution is 0.0928. The third-order valence-corrected chi connectivity index (χ3v) is 4.86. The monoisotopic (exact) mass is 418 g/mol. The molecule has 1 aliphatic heterocycles. The van der Waals surface area contributed by atoms with Gasteiger partial charge in [0, 0.05) is 31.7 Å². The normalized spacial score (nSPS) is 15.2. The summed E-state index contributed by atoms with van der Waals surface area (Å²) in [7, 11) is 3.18. The van der Waals surface area contributed by atoms with Crippen LogP contribution in [-0.2, 0) is 11.3 Å². The molecular formula is C21H30N4O5. The molecule has 1 saturated heterocycles. The molecule has 1 amide bonds. The van der Waals surface area contributed by atoms with Crippen molar-refractivity contribution in [1.82, 2.24) is 19.9 Å². The molecule has 0 aliphatic carbocycles. The van der Waals surface area contributed by atoms with Gasteiger partial charge in [-0.3, -0.25) is 4.90 Å². The molecule has 3 rings (SSSR count). The first-order chi connectivity index (χ1) is 14.5. The fourth-order valence-corrected chi connectivity index (χ4v) is 3.24. The molecule has 0 atom stereocenters. The second kappa shape index (κ2) is 10.3. The highest BCUT2D eigenvalue weighted by atomic mass is 16.6. The van der Waals surface area contributed by atoms with Crippen LogP contribution in [0.3, 0.4) is 0 Å². The van der Waals surface area contributed by atoms with E-state index in [1.807, 2.05) is 32.0 Å². The highest BCUT2D eigenvalue weighted by Gasteiger charge is 2.22. The van der Waals surface area contributed by atoms with E-state index in [1.165, 1.54) is 0 Å². The summed E-state index contributed by atoms with van der Waals surface area (Å²) in [4.78, 5) is 20.7. The molecule has 0 saturated carbocycles. The first-order valence-electron chi connectivity index (χ1n) is 10.2. The van der Waals surface area contributed by atoms with Crippen LogP contribution in [0.15, 0.2) is 22.7 Å². The van der Waals surface area contributed by atoms with Gasteiger partial charge < -0.3 is 23.6 Å². The van der Waals surface area contributed by atoms with Gasteiger partial charge in [0.25, 0.3) is 0 Å². The van der Waals surface area contributed by atoms with Crippen molar-refractivity contribution in [3.05, 3.63) is 24.1 Å². The maximum absolute atomic E-state index is 12.2. The molecule has 1 aromatic carbocycles. The Balaban J connectivity index is 1.58. The van der Waals surface area contributed by atoms with Gasteiger partial charge in [-0.15, -0.1) is 0 Å². The van der Waals surface area contributed by atoms with E-state index in [0.29, 0.717) is 55.4 Å². The van der Waals surface area contributed by atoms with Crippen molar-refractivity contribution in [2.75, 3.05) is 47.0 Å². The molecular weight excluding hydrogens is 388 g/mol. The Labute approximate surface area is 176 Å². The lowest BCUT2D eigenvalue weighted by Gasteiger charge is -2.21. The van der Waals surface area contributed by atoms with Crippen molar-refractivity contribution in [3.63, 3.8) is 0 Å². The van der Waals surface area contributed by atoms with E-state index >= 15 is 0 Å². The number of rotatable bonds is 7. The third kappa shape index (κ3) is 5.63. The number of aromatic nitrogens is 2. The first-order valence-corrected chi connectivity index (χ1v) is 10.2. The summed E-state index contributed by atoms with van der Waals surface area (Å²) in [5.41, 5.74) is 0.789. The molecule has 2 aromatic rings. The minimum Gasteiger partial charge on any atom is -0.493 e. The number of carbonyl (C=O) groups is 1. The van der Waals surface area contributed by atoms with Gasteiger partial charge in [-0.25, -0.2) is 4.79 Å². The zero-order chi connectivity index (χ0) is 21.5. The van der Waals surface area contributed by atoms with E-state index in [4.69, 9.17) is 18.7 Å². The molecule has 164 valence electrons. The molecule has 30 heavy (non-hydrogen) atoms. The number of amides is 1. The van der Waals surface area contributed by atoms with Crippen LogP contribution in [-0.4, -0.2) is 73.0 Å². The average molecular weight is 418 g/mol. The molecule has 1 fully saturated rings. The molecule has 0 spiro atoms. The Morgan fingerprint density at radius 2 is 1.93 bits per heavy atom. The molecule has 0 bridgehead atoms. The average Bonchev–Trinajstić information content (AvgIpc) is 3.09. The van der Waals surface area contributed by atoms with Crippen LogP contribution >= 0.6 is 0 Å². The Morgan fingerprint density at radius 3 is 2.67 bits per heavy atom. The standard InChI is InChI=1S/C21H30N4O5/c1-15(2)14-29-21(26)25-9-5-8-24(10-11-25)13-19-22-20(23-30-19)16-6-7-17(27-3)18(12-16)28-4/h6-7,12,15H,5,8-11,13-14H2,1-4H3. The van der Waals surface area contributed by atoms with Crippen molar-refractivity contribution in [2.45, 2.75) is 26.8 Å². The predicted molar refractivity (Wildman–Crippen MR) is 110 cm³/mol. The maximum atomic E-state index is 12.2. The van der Waals surface area contributed by atoms with Gasteiger partial charge in [-0.05, 0) is 30.5 Å². The van der Waals surface area contributed by atoms with Crippen LogP contribution in [0.1, 0.15) is 26.2 Å². The third-order valence-electron chi connectivity index (χ3n) is 4.86. The summed E-state index contributed by atoms with van der Waals surface area (Å²) in [6, 6.07) is 5.49. The van der Waals surface area contributed by atoms with E-state index in [0.717, 1.165) is 25.1 Å². The van der Waals surface area contributed by atoms with Crippen LogP contribution in [0.5, 0.6) is 11.5 Å². The van der Waals surface area contributed by atoms with Gasteiger partial charge in [-0.1, -0.05) is 19.0 Å².